The molecule has 0 saturated heterocycles. The topological polar surface area (TPSA) is 72.7 Å². The van der Waals surface area contributed by atoms with Crippen molar-refractivity contribution in [2.45, 2.75) is 78.2 Å². The van der Waals surface area contributed by atoms with Gasteiger partial charge in [-0.1, -0.05) is 13.8 Å². The summed E-state index contributed by atoms with van der Waals surface area (Å²) < 4.78 is 1.89. The Morgan fingerprint density at radius 3 is 2.73 bits per heavy atom. The molecule has 3 heterocycles. The predicted molar refractivity (Wildman–Crippen MR) is 121 cm³/mol. The minimum atomic E-state index is -0.0500. The Morgan fingerprint density at radius 1 is 1.20 bits per heavy atom. The molecule has 0 bridgehead atoms. The minimum absolute atomic E-state index is 0.0500. The number of nitrogens with zero attached hydrogens (tertiary/aromatic N) is 4. The van der Waals surface area contributed by atoms with E-state index in [9.17, 15) is 4.79 Å². The van der Waals surface area contributed by atoms with Crippen molar-refractivity contribution in [3.63, 3.8) is 0 Å². The molecule has 160 valence electrons. The van der Waals surface area contributed by atoms with E-state index in [1.807, 2.05) is 22.1 Å². The molecule has 3 aromatic heterocycles. The van der Waals surface area contributed by atoms with Gasteiger partial charge in [0.25, 0.3) is 5.91 Å². The lowest BCUT2D eigenvalue weighted by Crippen LogP contribution is -2.25. The highest BCUT2D eigenvalue weighted by Gasteiger charge is 2.19. The van der Waals surface area contributed by atoms with E-state index in [1.54, 1.807) is 6.20 Å². The van der Waals surface area contributed by atoms with E-state index in [2.05, 4.69) is 38.1 Å². The van der Waals surface area contributed by atoms with Gasteiger partial charge in [-0.25, -0.2) is 14.6 Å². The van der Waals surface area contributed by atoms with Gasteiger partial charge >= 0.3 is 0 Å². The number of fused-ring (bicyclic) bond motifs is 2. The standard InChI is InChI=1S/C23H31N5OS/c1-14(2)19-12-16(17-13-25-28(15(3)4)22(17)27-19)23(29)24-11-7-10-21-26-18-8-5-6-9-20(18)30-21/h12-15H,5-11H2,1-4H3,(H,24,29). The van der Waals surface area contributed by atoms with Gasteiger partial charge in [-0.05, 0) is 57.9 Å². The highest BCUT2D eigenvalue weighted by Crippen LogP contribution is 2.27. The number of thiazole rings is 1. The van der Waals surface area contributed by atoms with Crippen LogP contribution in [0.15, 0.2) is 12.3 Å². The van der Waals surface area contributed by atoms with Crippen molar-refractivity contribution >= 4 is 28.3 Å². The zero-order valence-electron chi connectivity index (χ0n) is 18.4. The van der Waals surface area contributed by atoms with Gasteiger partial charge in [-0.3, -0.25) is 4.79 Å². The van der Waals surface area contributed by atoms with Crippen LogP contribution in [-0.4, -0.2) is 32.2 Å². The van der Waals surface area contributed by atoms with Crippen molar-refractivity contribution in [1.82, 2.24) is 25.1 Å². The number of hydrogen-bond acceptors (Lipinski definition) is 5. The Balaban J connectivity index is 1.44. The third-order valence-corrected chi connectivity index (χ3v) is 6.87. The molecule has 30 heavy (non-hydrogen) atoms. The Labute approximate surface area is 182 Å². The quantitative estimate of drug-likeness (QED) is 0.550. The number of rotatable bonds is 7. The molecule has 3 aromatic rings. The molecule has 1 amide bonds. The zero-order chi connectivity index (χ0) is 21.3. The van der Waals surface area contributed by atoms with Crippen LogP contribution >= 0.6 is 11.3 Å². The molecule has 0 atom stereocenters. The fourth-order valence-electron chi connectivity index (χ4n) is 3.95. The number of carbonyl (C=O) groups excluding carboxylic acids is 1. The second-order valence-electron chi connectivity index (χ2n) is 8.71. The van der Waals surface area contributed by atoms with Crippen molar-refractivity contribution in [3.05, 3.63) is 39.1 Å². The number of amides is 1. The van der Waals surface area contributed by atoms with E-state index in [0.717, 1.165) is 36.0 Å². The number of aryl methyl sites for hydroxylation is 3. The first-order valence-corrected chi connectivity index (χ1v) is 11.9. The average molecular weight is 426 g/mol. The molecule has 0 fully saturated rings. The molecule has 1 aliphatic carbocycles. The van der Waals surface area contributed by atoms with Gasteiger partial charge in [-0.15, -0.1) is 11.3 Å². The van der Waals surface area contributed by atoms with Crippen molar-refractivity contribution in [2.75, 3.05) is 6.54 Å². The monoisotopic (exact) mass is 425 g/mol. The highest BCUT2D eigenvalue weighted by molar-refractivity contribution is 7.11. The molecular formula is C23H31N5OS. The lowest BCUT2D eigenvalue weighted by atomic mass is 10.0. The molecule has 0 unspecified atom stereocenters. The van der Waals surface area contributed by atoms with Crippen molar-refractivity contribution < 1.29 is 4.79 Å². The maximum Gasteiger partial charge on any atom is 0.252 e. The molecule has 0 radical (unpaired) electrons. The summed E-state index contributed by atoms with van der Waals surface area (Å²) in [7, 11) is 0. The van der Waals surface area contributed by atoms with Crippen LogP contribution in [0.25, 0.3) is 11.0 Å². The average Bonchev–Trinajstić information content (AvgIpc) is 3.33. The largest absolute Gasteiger partial charge is 0.352 e. The molecular weight excluding hydrogens is 394 g/mol. The number of hydrogen-bond donors (Lipinski definition) is 1. The predicted octanol–water partition coefficient (Wildman–Crippen LogP) is 4.83. The van der Waals surface area contributed by atoms with Crippen LogP contribution in [0.2, 0.25) is 0 Å². The van der Waals surface area contributed by atoms with Gasteiger partial charge < -0.3 is 5.32 Å². The maximum atomic E-state index is 13.0. The van der Waals surface area contributed by atoms with Crippen LogP contribution in [0.1, 0.15) is 90.5 Å². The summed E-state index contributed by atoms with van der Waals surface area (Å²) in [6.45, 7) is 8.99. The molecule has 4 rings (SSSR count). The third kappa shape index (κ3) is 4.26. The van der Waals surface area contributed by atoms with Crippen molar-refractivity contribution in [3.8, 4) is 0 Å². The Kier molecular flexibility index (Phi) is 6.18. The first-order chi connectivity index (χ1) is 14.4. The van der Waals surface area contributed by atoms with Gasteiger partial charge in [0.15, 0.2) is 5.65 Å². The summed E-state index contributed by atoms with van der Waals surface area (Å²) in [4.78, 5) is 24.1. The first kappa shape index (κ1) is 21.0. The second kappa shape index (κ2) is 8.84. The smallest absolute Gasteiger partial charge is 0.252 e. The Hall–Kier alpha value is -2.28. The number of nitrogens with one attached hydrogen (secondary N) is 1. The fourth-order valence-corrected chi connectivity index (χ4v) is 5.15. The molecule has 7 heteroatoms. The summed E-state index contributed by atoms with van der Waals surface area (Å²) in [5.74, 6) is 0.193. The molecule has 0 saturated carbocycles. The van der Waals surface area contributed by atoms with Crippen LogP contribution in [0.3, 0.4) is 0 Å². The van der Waals surface area contributed by atoms with Crippen LogP contribution in [0.5, 0.6) is 0 Å². The van der Waals surface area contributed by atoms with Crippen molar-refractivity contribution in [2.24, 2.45) is 0 Å². The van der Waals surface area contributed by atoms with E-state index in [-0.39, 0.29) is 17.9 Å². The van der Waals surface area contributed by atoms with Gasteiger partial charge in [0.1, 0.15) is 0 Å². The van der Waals surface area contributed by atoms with E-state index < -0.39 is 0 Å². The van der Waals surface area contributed by atoms with Crippen LogP contribution in [0, 0.1) is 0 Å². The normalized spacial score (nSPS) is 13.9. The SMILES string of the molecule is CC(C)c1cc(C(=O)NCCCc2nc3c(s2)CCCC3)c2cnn(C(C)C)c2n1. The van der Waals surface area contributed by atoms with Gasteiger partial charge in [-0.2, -0.15) is 5.10 Å². The second-order valence-corrected chi connectivity index (χ2v) is 9.88. The molecule has 1 aliphatic rings. The summed E-state index contributed by atoms with van der Waals surface area (Å²) >= 11 is 1.86. The highest BCUT2D eigenvalue weighted by atomic mass is 32.1. The van der Waals surface area contributed by atoms with Crippen molar-refractivity contribution in [1.29, 1.82) is 0 Å². The number of carbonyl (C=O) groups is 1. The first-order valence-electron chi connectivity index (χ1n) is 11.1. The Morgan fingerprint density at radius 2 is 2.00 bits per heavy atom. The maximum absolute atomic E-state index is 13.0. The summed E-state index contributed by atoms with van der Waals surface area (Å²) in [6, 6.07) is 2.11. The number of aromatic nitrogens is 4. The van der Waals surface area contributed by atoms with E-state index in [1.165, 1.54) is 34.8 Å². The van der Waals surface area contributed by atoms with Crippen LogP contribution in [0.4, 0.5) is 0 Å². The molecule has 0 aliphatic heterocycles. The lowest BCUT2D eigenvalue weighted by molar-refractivity contribution is 0.0954. The van der Waals surface area contributed by atoms with E-state index in [4.69, 9.17) is 9.97 Å². The fraction of sp³-hybridized carbons (Fsp3) is 0.565. The zero-order valence-corrected chi connectivity index (χ0v) is 19.2. The summed E-state index contributed by atoms with van der Waals surface area (Å²) in [5, 5.41) is 9.60. The summed E-state index contributed by atoms with van der Waals surface area (Å²) in [5.41, 5.74) is 3.69. The third-order valence-electron chi connectivity index (χ3n) is 5.65. The minimum Gasteiger partial charge on any atom is -0.352 e. The van der Waals surface area contributed by atoms with E-state index >= 15 is 0 Å². The van der Waals surface area contributed by atoms with Gasteiger partial charge in [0.05, 0.1) is 27.8 Å². The van der Waals surface area contributed by atoms with Gasteiger partial charge in [0, 0.05) is 29.6 Å². The van der Waals surface area contributed by atoms with Crippen LogP contribution < -0.4 is 5.32 Å². The molecule has 0 spiro atoms. The molecule has 6 nitrogen and oxygen atoms in total. The van der Waals surface area contributed by atoms with Gasteiger partial charge in [0.2, 0.25) is 0 Å². The molecule has 0 aromatic carbocycles. The van der Waals surface area contributed by atoms with Crippen LogP contribution in [-0.2, 0) is 19.3 Å². The Bertz CT molecular complexity index is 1030. The van der Waals surface area contributed by atoms with E-state index in [0.29, 0.717) is 12.1 Å². The molecule has 1 N–H and O–H groups in total. The number of pyridine rings is 1. The summed E-state index contributed by atoms with van der Waals surface area (Å²) in [6.07, 6.45) is 8.45. The lowest BCUT2D eigenvalue weighted by Gasteiger charge is -2.12.